The topological polar surface area (TPSA) is 148 Å². The van der Waals surface area contributed by atoms with Gasteiger partial charge in [-0.2, -0.15) is 0 Å². The molecule has 158 valence electrons. The summed E-state index contributed by atoms with van der Waals surface area (Å²) in [5.41, 5.74) is 1.49. The number of carboxylic acids is 1. The number of carboxylic acid groups (broad SMARTS) is 1. The molecule has 2 aromatic rings. The molecule has 30 heavy (non-hydrogen) atoms. The molecule has 2 aliphatic rings. The second kappa shape index (κ2) is 7.26. The van der Waals surface area contributed by atoms with E-state index in [0.717, 1.165) is 0 Å². The number of sulfonamides is 1. The van der Waals surface area contributed by atoms with Crippen LogP contribution >= 0.6 is 0 Å². The van der Waals surface area contributed by atoms with E-state index in [0.29, 0.717) is 16.9 Å². The van der Waals surface area contributed by atoms with Crippen molar-refractivity contribution in [1.82, 2.24) is 5.16 Å². The summed E-state index contributed by atoms with van der Waals surface area (Å²) in [5.74, 6) is -3.38. The van der Waals surface area contributed by atoms with Gasteiger partial charge in [0, 0.05) is 11.3 Å². The smallest absolute Gasteiger partial charge is 0.310 e. The lowest BCUT2D eigenvalue weighted by Gasteiger charge is -2.21. The number of amides is 1. The molecule has 3 heterocycles. The number of aliphatic carboxylic acids is 1. The molecule has 10 nitrogen and oxygen atoms in total. The number of ether oxygens (including phenoxy) is 1. The van der Waals surface area contributed by atoms with Crippen LogP contribution in [-0.2, 0) is 24.3 Å². The van der Waals surface area contributed by atoms with E-state index in [1.54, 1.807) is 26.0 Å². The van der Waals surface area contributed by atoms with Crippen LogP contribution in [0.2, 0.25) is 0 Å². The van der Waals surface area contributed by atoms with Crippen molar-refractivity contribution < 1.29 is 32.4 Å². The van der Waals surface area contributed by atoms with Crippen molar-refractivity contribution in [2.75, 3.05) is 10.0 Å². The average Bonchev–Trinajstić information content (AvgIpc) is 3.39. The van der Waals surface area contributed by atoms with E-state index in [2.05, 4.69) is 15.2 Å². The molecular formula is C19H19N3O7S. The molecule has 0 spiro atoms. The number of anilines is 2. The molecule has 0 unspecified atom stereocenters. The van der Waals surface area contributed by atoms with Crippen LogP contribution in [-0.4, -0.2) is 42.8 Å². The van der Waals surface area contributed by atoms with Gasteiger partial charge in [0.25, 0.3) is 10.0 Å². The van der Waals surface area contributed by atoms with Crippen molar-refractivity contribution in [1.29, 1.82) is 0 Å². The number of benzene rings is 1. The van der Waals surface area contributed by atoms with Gasteiger partial charge in [-0.1, -0.05) is 17.3 Å². The first-order valence-corrected chi connectivity index (χ1v) is 10.6. The summed E-state index contributed by atoms with van der Waals surface area (Å²) >= 11 is 0. The third-order valence-corrected chi connectivity index (χ3v) is 6.65. The SMILES string of the molecule is Cc1noc(NS(=O)(=O)c2ccc(NC(=O)[C@H]3[C@@H](C(=O)O)[C@@H]4C=C[C@H]3O4)cc2)c1C. The highest BCUT2D eigenvalue weighted by Crippen LogP contribution is 2.39. The first kappa shape index (κ1) is 20.1. The Bertz CT molecular complexity index is 1140. The molecule has 4 atom stereocenters. The van der Waals surface area contributed by atoms with E-state index in [9.17, 15) is 23.1 Å². The van der Waals surface area contributed by atoms with Crippen LogP contribution < -0.4 is 10.0 Å². The van der Waals surface area contributed by atoms with Crippen LogP contribution in [0.15, 0.2) is 45.8 Å². The second-order valence-corrected chi connectivity index (χ2v) is 8.86. The van der Waals surface area contributed by atoms with Gasteiger partial charge in [0.15, 0.2) is 0 Å². The fourth-order valence-corrected chi connectivity index (χ4v) is 4.60. The Morgan fingerprint density at radius 3 is 2.27 bits per heavy atom. The number of nitrogens with zero attached hydrogens (tertiary/aromatic N) is 1. The van der Waals surface area contributed by atoms with Crippen molar-refractivity contribution in [3.05, 3.63) is 47.7 Å². The van der Waals surface area contributed by atoms with Crippen molar-refractivity contribution >= 4 is 33.5 Å². The van der Waals surface area contributed by atoms with E-state index < -0.39 is 45.9 Å². The zero-order valence-electron chi connectivity index (χ0n) is 16.0. The minimum atomic E-state index is -3.91. The number of carbonyl (C=O) groups is 2. The predicted molar refractivity (Wildman–Crippen MR) is 104 cm³/mol. The van der Waals surface area contributed by atoms with Gasteiger partial charge in [-0.25, -0.2) is 13.1 Å². The summed E-state index contributed by atoms with van der Waals surface area (Å²) in [6.07, 6.45) is 2.12. The maximum absolute atomic E-state index is 12.6. The number of hydrogen-bond acceptors (Lipinski definition) is 7. The van der Waals surface area contributed by atoms with E-state index in [1.807, 2.05) is 0 Å². The summed E-state index contributed by atoms with van der Waals surface area (Å²) < 4.78 is 37.9. The monoisotopic (exact) mass is 433 g/mol. The van der Waals surface area contributed by atoms with Crippen LogP contribution in [0.5, 0.6) is 0 Å². The third kappa shape index (κ3) is 3.46. The van der Waals surface area contributed by atoms with Crippen LogP contribution in [0, 0.1) is 25.7 Å². The Morgan fingerprint density at radius 1 is 1.07 bits per heavy atom. The minimum Gasteiger partial charge on any atom is -0.481 e. The molecule has 1 aromatic carbocycles. The summed E-state index contributed by atoms with van der Waals surface area (Å²) in [7, 11) is -3.91. The summed E-state index contributed by atoms with van der Waals surface area (Å²) in [4.78, 5) is 24.1. The molecule has 1 amide bonds. The Kier molecular flexibility index (Phi) is 4.86. The molecule has 0 radical (unpaired) electrons. The molecule has 2 aliphatic heterocycles. The van der Waals surface area contributed by atoms with Gasteiger partial charge < -0.3 is 19.7 Å². The molecule has 3 N–H and O–H groups in total. The minimum absolute atomic E-state index is 0.0360. The number of fused-ring (bicyclic) bond motifs is 2. The van der Waals surface area contributed by atoms with E-state index in [1.165, 1.54) is 24.3 Å². The van der Waals surface area contributed by atoms with E-state index in [4.69, 9.17) is 9.26 Å². The quantitative estimate of drug-likeness (QED) is 0.583. The standard InChI is InChI=1S/C19H19N3O7S/c1-9-10(2)21-29-18(9)22-30(26,27)12-5-3-11(4-6-12)20-17(23)15-13-7-8-14(28-13)16(15)19(24)25/h3-8,13-16,22H,1-2H3,(H,20,23)(H,24,25)/t13-,14+,15-,16+/m1/s1. The van der Waals surface area contributed by atoms with Crippen molar-refractivity contribution in [3.8, 4) is 0 Å². The van der Waals surface area contributed by atoms with Crippen LogP contribution in [0.3, 0.4) is 0 Å². The third-order valence-electron chi connectivity index (χ3n) is 5.30. The second-order valence-electron chi connectivity index (χ2n) is 7.18. The normalized spacial score (nSPS) is 24.7. The molecule has 4 rings (SSSR count). The lowest BCUT2D eigenvalue weighted by molar-refractivity contribution is -0.145. The van der Waals surface area contributed by atoms with Gasteiger partial charge in [-0.15, -0.1) is 0 Å². The fourth-order valence-electron chi connectivity index (χ4n) is 3.55. The zero-order valence-corrected chi connectivity index (χ0v) is 16.8. The Labute approximate surface area is 171 Å². The summed E-state index contributed by atoms with van der Waals surface area (Å²) in [6.45, 7) is 3.38. The largest absolute Gasteiger partial charge is 0.481 e. The van der Waals surface area contributed by atoms with E-state index in [-0.39, 0.29) is 10.8 Å². The predicted octanol–water partition coefficient (Wildman–Crippen LogP) is 1.68. The number of rotatable bonds is 6. The first-order chi connectivity index (χ1) is 14.2. The number of aromatic nitrogens is 1. The maximum atomic E-state index is 12.6. The molecular weight excluding hydrogens is 414 g/mol. The molecule has 1 fully saturated rings. The maximum Gasteiger partial charge on any atom is 0.310 e. The number of nitrogens with one attached hydrogen (secondary N) is 2. The first-order valence-electron chi connectivity index (χ1n) is 9.10. The molecule has 1 aromatic heterocycles. The number of hydrogen-bond donors (Lipinski definition) is 3. The summed E-state index contributed by atoms with van der Waals surface area (Å²) in [5, 5.41) is 15.8. The highest BCUT2D eigenvalue weighted by atomic mass is 32.2. The Hall–Kier alpha value is -3.18. The molecule has 0 saturated carbocycles. The highest BCUT2D eigenvalue weighted by Gasteiger charge is 2.53. The van der Waals surface area contributed by atoms with Crippen molar-refractivity contribution in [2.24, 2.45) is 11.8 Å². The van der Waals surface area contributed by atoms with Gasteiger partial charge in [0.05, 0.1) is 28.7 Å². The molecule has 11 heteroatoms. The van der Waals surface area contributed by atoms with Crippen LogP contribution in [0.25, 0.3) is 0 Å². The van der Waals surface area contributed by atoms with Crippen molar-refractivity contribution in [2.45, 2.75) is 31.0 Å². The zero-order chi connectivity index (χ0) is 21.6. The van der Waals surface area contributed by atoms with Gasteiger partial charge in [-0.3, -0.25) is 9.59 Å². The lowest BCUT2D eigenvalue weighted by Crippen LogP contribution is -2.39. The Morgan fingerprint density at radius 2 is 1.70 bits per heavy atom. The highest BCUT2D eigenvalue weighted by molar-refractivity contribution is 7.92. The van der Waals surface area contributed by atoms with Gasteiger partial charge in [-0.05, 0) is 38.1 Å². The van der Waals surface area contributed by atoms with Gasteiger partial charge in [0.2, 0.25) is 11.8 Å². The average molecular weight is 433 g/mol. The van der Waals surface area contributed by atoms with E-state index >= 15 is 0 Å². The molecule has 2 bridgehead atoms. The van der Waals surface area contributed by atoms with Gasteiger partial charge in [0.1, 0.15) is 5.92 Å². The lowest BCUT2D eigenvalue weighted by atomic mass is 9.82. The summed E-state index contributed by atoms with van der Waals surface area (Å²) in [6, 6.07) is 5.49. The fraction of sp³-hybridized carbons (Fsp3) is 0.316. The van der Waals surface area contributed by atoms with Gasteiger partial charge >= 0.3 is 5.97 Å². The number of carbonyl (C=O) groups excluding carboxylic acids is 1. The Balaban J connectivity index is 1.47. The molecule has 0 aliphatic carbocycles. The van der Waals surface area contributed by atoms with Crippen molar-refractivity contribution in [3.63, 3.8) is 0 Å². The van der Waals surface area contributed by atoms with Crippen LogP contribution in [0.4, 0.5) is 11.6 Å². The van der Waals surface area contributed by atoms with Crippen LogP contribution in [0.1, 0.15) is 11.3 Å². The number of aryl methyl sites for hydroxylation is 1. The molecule has 1 saturated heterocycles.